The van der Waals surface area contributed by atoms with Crippen molar-refractivity contribution in [1.82, 2.24) is 14.3 Å². The number of aromatic nitrogens is 2. The number of nitrogens with two attached hydrogens (primary N) is 1. The Labute approximate surface area is 162 Å². The molecule has 0 bridgehead atoms. The molecule has 0 atom stereocenters. The van der Waals surface area contributed by atoms with E-state index < -0.39 is 0 Å². The second-order valence-electron chi connectivity index (χ2n) is 6.58. The van der Waals surface area contributed by atoms with E-state index in [2.05, 4.69) is 39.4 Å². The summed E-state index contributed by atoms with van der Waals surface area (Å²) in [5.41, 5.74) is 10.7. The van der Waals surface area contributed by atoms with Gasteiger partial charge < -0.3 is 15.5 Å². The molecule has 0 aliphatic carbocycles. The minimum Gasteiger partial charge on any atom is -0.396 e. The predicted molar refractivity (Wildman–Crippen MR) is 109 cm³/mol. The molecule has 27 heavy (non-hydrogen) atoms. The molecule has 1 aliphatic rings. The Hall–Kier alpha value is -2.93. The van der Waals surface area contributed by atoms with Gasteiger partial charge in [0.1, 0.15) is 10.6 Å². The van der Waals surface area contributed by atoms with Crippen LogP contribution in [0.4, 0.5) is 11.4 Å². The van der Waals surface area contributed by atoms with E-state index in [1.54, 1.807) is 12.4 Å². The summed E-state index contributed by atoms with van der Waals surface area (Å²) in [6.07, 6.45) is 3.39. The Kier molecular flexibility index (Phi) is 4.77. The molecule has 1 aromatic carbocycles. The van der Waals surface area contributed by atoms with Gasteiger partial charge >= 0.3 is 0 Å². The zero-order chi connectivity index (χ0) is 18.8. The number of amides is 1. The summed E-state index contributed by atoms with van der Waals surface area (Å²) < 4.78 is 4.41. The smallest absolute Gasteiger partial charge is 0.267 e. The van der Waals surface area contributed by atoms with Crippen LogP contribution in [0.25, 0.3) is 11.3 Å². The molecule has 0 saturated carbocycles. The first-order chi connectivity index (χ1) is 13.1. The normalized spacial score (nSPS) is 14.4. The lowest BCUT2D eigenvalue weighted by atomic mass is 10.1. The second kappa shape index (κ2) is 7.36. The lowest BCUT2D eigenvalue weighted by Crippen LogP contribution is -2.48. The van der Waals surface area contributed by atoms with Crippen molar-refractivity contribution in [2.24, 2.45) is 0 Å². The Morgan fingerprint density at radius 1 is 1.07 bits per heavy atom. The number of pyridine rings is 1. The van der Waals surface area contributed by atoms with Crippen molar-refractivity contribution in [3.8, 4) is 11.3 Å². The number of piperazine rings is 1. The third kappa shape index (κ3) is 3.38. The fourth-order valence-electron chi connectivity index (χ4n) is 3.38. The molecule has 4 rings (SSSR count). The van der Waals surface area contributed by atoms with E-state index in [0.717, 1.165) is 18.7 Å². The number of para-hydroxylation sites is 1. The molecule has 2 aromatic heterocycles. The maximum atomic E-state index is 13.0. The van der Waals surface area contributed by atoms with E-state index >= 15 is 0 Å². The summed E-state index contributed by atoms with van der Waals surface area (Å²) in [5, 5.41) is 0. The quantitative estimate of drug-likeness (QED) is 0.757. The van der Waals surface area contributed by atoms with Crippen LogP contribution in [-0.2, 0) is 0 Å². The zero-order valence-corrected chi connectivity index (χ0v) is 15.9. The van der Waals surface area contributed by atoms with E-state index in [-0.39, 0.29) is 5.91 Å². The van der Waals surface area contributed by atoms with Gasteiger partial charge in [-0.3, -0.25) is 9.78 Å². The van der Waals surface area contributed by atoms with E-state index in [1.807, 2.05) is 23.1 Å². The molecule has 0 unspecified atom stereocenters. The average Bonchev–Trinajstić information content (AvgIpc) is 3.10. The predicted octanol–water partition coefficient (Wildman–Crippen LogP) is 3.06. The molecule has 3 heterocycles. The van der Waals surface area contributed by atoms with Gasteiger partial charge in [-0.1, -0.05) is 18.2 Å². The fourth-order valence-corrected chi connectivity index (χ4v) is 4.17. The molecule has 2 N–H and O–H groups in total. The Bertz CT molecular complexity index is 948. The standard InChI is InChI=1S/C20H21N5OS/c1-14-4-2-3-5-16(14)24-10-12-25(13-11-24)20(26)19-17(21)18(23-27-19)15-6-8-22-9-7-15/h2-9H,10-13,21H2,1H3. The molecular weight excluding hydrogens is 358 g/mol. The number of aryl methyl sites for hydroxylation is 1. The number of carbonyl (C=O) groups excluding carboxylic acids is 1. The second-order valence-corrected chi connectivity index (χ2v) is 7.35. The number of anilines is 2. The first-order valence-corrected chi connectivity index (χ1v) is 9.68. The number of rotatable bonds is 3. The number of hydrogen-bond donors (Lipinski definition) is 1. The maximum Gasteiger partial charge on any atom is 0.267 e. The van der Waals surface area contributed by atoms with Crippen LogP contribution in [-0.4, -0.2) is 46.3 Å². The number of carbonyl (C=O) groups is 1. The van der Waals surface area contributed by atoms with Crippen LogP contribution in [0, 0.1) is 6.92 Å². The van der Waals surface area contributed by atoms with Crippen LogP contribution in [0.2, 0.25) is 0 Å². The van der Waals surface area contributed by atoms with Gasteiger partial charge in [0.25, 0.3) is 5.91 Å². The monoisotopic (exact) mass is 379 g/mol. The van der Waals surface area contributed by atoms with Gasteiger partial charge in [-0.15, -0.1) is 0 Å². The number of nitrogens with zero attached hydrogens (tertiary/aromatic N) is 4. The van der Waals surface area contributed by atoms with E-state index in [0.29, 0.717) is 29.3 Å². The topological polar surface area (TPSA) is 75.3 Å². The molecule has 7 heteroatoms. The SMILES string of the molecule is Cc1ccccc1N1CCN(C(=O)c2snc(-c3ccncc3)c2N)CC1. The Morgan fingerprint density at radius 3 is 2.48 bits per heavy atom. The lowest BCUT2D eigenvalue weighted by molar-refractivity contribution is 0.0752. The van der Waals surface area contributed by atoms with E-state index in [9.17, 15) is 4.79 Å². The molecule has 0 radical (unpaired) electrons. The molecule has 1 amide bonds. The average molecular weight is 379 g/mol. The van der Waals surface area contributed by atoms with Crippen molar-refractivity contribution in [1.29, 1.82) is 0 Å². The molecule has 138 valence electrons. The molecule has 3 aromatic rings. The van der Waals surface area contributed by atoms with Crippen LogP contribution < -0.4 is 10.6 Å². The largest absolute Gasteiger partial charge is 0.396 e. The minimum atomic E-state index is -0.0326. The summed E-state index contributed by atoms with van der Waals surface area (Å²) >= 11 is 1.17. The van der Waals surface area contributed by atoms with Gasteiger partial charge in [0, 0.05) is 49.8 Å². The summed E-state index contributed by atoms with van der Waals surface area (Å²) in [5.74, 6) is -0.0326. The van der Waals surface area contributed by atoms with Gasteiger partial charge in [0.05, 0.1) is 5.69 Å². The van der Waals surface area contributed by atoms with Gasteiger partial charge in [-0.05, 0) is 42.2 Å². The van der Waals surface area contributed by atoms with Gasteiger partial charge in [0.15, 0.2) is 0 Å². The third-order valence-electron chi connectivity index (χ3n) is 4.90. The van der Waals surface area contributed by atoms with Crippen LogP contribution >= 0.6 is 11.5 Å². The molecule has 6 nitrogen and oxygen atoms in total. The number of nitrogen functional groups attached to an aromatic ring is 1. The number of benzene rings is 1. The van der Waals surface area contributed by atoms with Crippen LogP contribution in [0.15, 0.2) is 48.8 Å². The summed E-state index contributed by atoms with van der Waals surface area (Å²) in [4.78, 5) is 21.7. The Balaban J connectivity index is 1.47. The van der Waals surface area contributed by atoms with Crippen molar-refractivity contribution in [3.05, 3.63) is 59.2 Å². The van der Waals surface area contributed by atoms with Crippen molar-refractivity contribution in [3.63, 3.8) is 0 Å². The molecule has 1 saturated heterocycles. The van der Waals surface area contributed by atoms with Gasteiger partial charge in [-0.2, -0.15) is 4.37 Å². The summed E-state index contributed by atoms with van der Waals surface area (Å²) in [7, 11) is 0. The highest BCUT2D eigenvalue weighted by Gasteiger charge is 2.27. The molecular formula is C20H21N5OS. The zero-order valence-electron chi connectivity index (χ0n) is 15.1. The van der Waals surface area contributed by atoms with Crippen LogP contribution in [0.5, 0.6) is 0 Å². The summed E-state index contributed by atoms with van der Waals surface area (Å²) in [6.45, 7) is 5.09. The van der Waals surface area contributed by atoms with E-state index in [4.69, 9.17) is 5.73 Å². The first-order valence-electron chi connectivity index (χ1n) is 8.90. The first kappa shape index (κ1) is 17.5. The molecule has 1 fully saturated rings. The minimum absolute atomic E-state index is 0.0326. The highest BCUT2D eigenvalue weighted by molar-refractivity contribution is 7.09. The van der Waals surface area contributed by atoms with Crippen LogP contribution in [0.1, 0.15) is 15.2 Å². The third-order valence-corrected chi connectivity index (χ3v) is 5.75. The van der Waals surface area contributed by atoms with Crippen molar-refractivity contribution in [2.45, 2.75) is 6.92 Å². The van der Waals surface area contributed by atoms with Gasteiger partial charge in [0.2, 0.25) is 0 Å². The van der Waals surface area contributed by atoms with Gasteiger partial charge in [-0.25, -0.2) is 0 Å². The summed E-state index contributed by atoms with van der Waals surface area (Å²) in [6, 6.07) is 12.0. The highest BCUT2D eigenvalue weighted by Crippen LogP contribution is 2.31. The van der Waals surface area contributed by atoms with Crippen molar-refractivity contribution < 1.29 is 4.79 Å². The van der Waals surface area contributed by atoms with E-state index in [1.165, 1.54) is 22.8 Å². The van der Waals surface area contributed by atoms with Crippen molar-refractivity contribution in [2.75, 3.05) is 36.8 Å². The lowest BCUT2D eigenvalue weighted by Gasteiger charge is -2.36. The fraction of sp³-hybridized carbons (Fsp3) is 0.250. The Morgan fingerprint density at radius 2 is 1.78 bits per heavy atom. The number of hydrogen-bond acceptors (Lipinski definition) is 6. The van der Waals surface area contributed by atoms with Crippen molar-refractivity contribution >= 4 is 28.8 Å². The van der Waals surface area contributed by atoms with Crippen LogP contribution in [0.3, 0.4) is 0 Å². The molecule has 0 spiro atoms. The highest BCUT2D eigenvalue weighted by atomic mass is 32.1. The molecule has 1 aliphatic heterocycles. The maximum absolute atomic E-state index is 13.0.